The Morgan fingerprint density at radius 3 is 2.00 bits per heavy atom. The van der Waals surface area contributed by atoms with Gasteiger partial charge in [0, 0.05) is 15.9 Å². The summed E-state index contributed by atoms with van der Waals surface area (Å²) in [6, 6.07) is 0. The molecule has 1 atom stereocenters. The molecule has 0 aromatic rings. The van der Waals surface area contributed by atoms with Gasteiger partial charge in [-0.2, -0.15) is 11.8 Å². The second-order valence-electron chi connectivity index (χ2n) is 3.20. The highest BCUT2D eigenvalue weighted by molar-refractivity contribution is 8.00. The fraction of sp³-hybridized carbons (Fsp3) is 1.00. The van der Waals surface area contributed by atoms with Crippen molar-refractivity contribution < 1.29 is 0 Å². The van der Waals surface area contributed by atoms with Crippen LogP contribution in [0.4, 0.5) is 0 Å². The Kier molecular flexibility index (Phi) is 3.99. The molecule has 0 fully saturated rings. The lowest BCUT2D eigenvalue weighted by Crippen LogP contribution is -2.11. The van der Waals surface area contributed by atoms with E-state index >= 15 is 0 Å². The molecule has 0 aliphatic carbocycles. The van der Waals surface area contributed by atoms with Gasteiger partial charge in [-0.05, 0) is 6.92 Å². The smallest absolute Gasteiger partial charge is 0.0398 e. The van der Waals surface area contributed by atoms with Gasteiger partial charge in [-0.1, -0.05) is 20.8 Å². The molecule has 0 aliphatic heterocycles. The number of hydrogen-bond acceptors (Lipinski definition) is 1. The number of rotatable bonds is 2. The van der Waals surface area contributed by atoms with Crippen molar-refractivity contribution in [2.45, 2.75) is 37.8 Å². The third-order valence-electron chi connectivity index (χ3n) is 0.746. The van der Waals surface area contributed by atoms with E-state index in [4.69, 9.17) is 11.6 Å². The van der Waals surface area contributed by atoms with E-state index in [-0.39, 0.29) is 0 Å². The molecular weight excluding hydrogens is 152 g/mol. The molecule has 0 saturated carbocycles. The fourth-order valence-electron chi connectivity index (χ4n) is 0.365. The minimum atomic E-state index is 0.300. The maximum absolute atomic E-state index is 5.76. The zero-order valence-corrected chi connectivity index (χ0v) is 8.14. The first-order valence-electron chi connectivity index (χ1n) is 3.20. The number of alkyl halides is 1. The van der Waals surface area contributed by atoms with Crippen LogP contribution in [-0.4, -0.2) is 15.9 Å². The van der Waals surface area contributed by atoms with Crippen molar-refractivity contribution in [1.82, 2.24) is 0 Å². The van der Waals surface area contributed by atoms with Gasteiger partial charge < -0.3 is 0 Å². The van der Waals surface area contributed by atoms with Crippen LogP contribution < -0.4 is 0 Å². The summed E-state index contributed by atoms with van der Waals surface area (Å²) in [4.78, 5) is 0. The van der Waals surface area contributed by atoms with Crippen molar-refractivity contribution in [2.24, 2.45) is 0 Å². The van der Waals surface area contributed by atoms with Crippen molar-refractivity contribution in [1.29, 1.82) is 0 Å². The first kappa shape index (κ1) is 9.64. The molecule has 0 aliphatic rings. The SMILES string of the molecule is CC(Cl)CSC(C)(C)C. The first-order chi connectivity index (χ1) is 3.92. The molecule has 0 saturated heterocycles. The van der Waals surface area contributed by atoms with Gasteiger partial charge in [0.05, 0.1) is 0 Å². The van der Waals surface area contributed by atoms with Gasteiger partial charge >= 0.3 is 0 Å². The zero-order chi connectivity index (χ0) is 7.49. The predicted octanol–water partition coefficient (Wildman–Crippen LogP) is 3.15. The Morgan fingerprint density at radius 2 is 1.89 bits per heavy atom. The number of halogens is 1. The Hall–Kier alpha value is 0.640. The molecule has 0 bridgehead atoms. The molecule has 9 heavy (non-hydrogen) atoms. The molecule has 2 heteroatoms. The quantitative estimate of drug-likeness (QED) is 0.568. The molecule has 0 radical (unpaired) electrons. The molecule has 0 aromatic heterocycles. The average molecular weight is 167 g/mol. The summed E-state index contributed by atoms with van der Waals surface area (Å²) in [5, 5.41) is 0.300. The Balaban J connectivity index is 3.28. The van der Waals surface area contributed by atoms with Gasteiger partial charge in [0.15, 0.2) is 0 Å². The molecule has 0 amide bonds. The lowest BCUT2D eigenvalue weighted by atomic mass is 10.3. The average Bonchev–Trinajstić information content (AvgIpc) is 1.59. The van der Waals surface area contributed by atoms with Crippen molar-refractivity contribution >= 4 is 23.4 Å². The van der Waals surface area contributed by atoms with E-state index in [1.807, 2.05) is 18.7 Å². The van der Waals surface area contributed by atoms with E-state index in [1.165, 1.54) is 0 Å². The van der Waals surface area contributed by atoms with E-state index in [9.17, 15) is 0 Å². The van der Waals surface area contributed by atoms with E-state index in [0.29, 0.717) is 10.1 Å². The molecular formula is C7H15ClS. The standard InChI is InChI=1S/C7H15ClS/c1-6(8)5-9-7(2,3)4/h6H,5H2,1-4H3. The van der Waals surface area contributed by atoms with Crippen LogP contribution in [0.3, 0.4) is 0 Å². The maximum Gasteiger partial charge on any atom is 0.0398 e. The van der Waals surface area contributed by atoms with Crippen LogP contribution >= 0.6 is 23.4 Å². The lowest BCUT2D eigenvalue weighted by molar-refractivity contribution is 0.801. The zero-order valence-electron chi connectivity index (χ0n) is 6.57. The van der Waals surface area contributed by atoms with Crippen LogP contribution in [0.15, 0.2) is 0 Å². The molecule has 0 heterocycles. The van der Waals surface area contributed by atoms with Gasteiger partial charge in [-0.3, -0.25) is 0 Å². The maximum atomic E-state index is 5.76. The largest absolute Gasteiger partial charge is 0.155 e. The van der Waals surface area contributed by atoms with Crippen LogP contribution in [-0.2, 0) is 0 Å². The van der Waals surface area contributed by atoms with Gasteiger partial charge in [0.25, 0.3) is 0 Å². The summed E-state index contributed by atoms with van der Waals surface area (Å²) in [6.45, 7) is 8.64. The molecule has 0 nitrogen and oxygen atoms in total. The summed E-state index contributed by atoms with van der Waals surface area (Å²) in [5.74, 6) is 1.05. The minimum Gasteiger partial charge on any atom is -0.155 e. The van der Waals surface area contributed by atoms with Crippen LogP contribution in [0.5, 0.6) is 0 Å². The third-order valence-corrected chi connectivity index (χ3v) is 2.62. The van der Waals surface area contributed by atoms with Gasteiger partial charge in [-0.15, -0.1) is 11.6 Å². The van der Waals surface area contributed by atoms with E-state index in [0.717, 1.165) is 5.75 Å². The molecule has 0 rings (SSSR count). The van der Waals surface area contributed by atoms with E-state index < -0.39 is 0 Å². The van der Waals surface area contributed by atoms with Gasteiger partial charge in [0.1, 0.15) is 0 Å². The summed E-state index contributed by atoms with van der Waals surface area (Å²) >= 11 is 7.67. The van der Waals surface area contributed by atoms with Gasteiger partial charge in [-0.25, -0.2) is 0 Å². The van der Waals surface area contributed by atoms with E-state index in [1.54, 1.807) is 0 Å². The third kappa shape index (κ3) is 8.64. The monoisotopic (exact) mass is 166 g/mol. The molecule has 0 aromatic carbocycles. The van der Waals surface area contributed by atoms with Crippen molar-refractivity contribution in [3.05, 3.63) is 0 Å². The number of hydrogen-bond donors (Lipinski definition) is 0. The fourth-order valence-corrected chi connectivity index (χ4v) is 1.28. The minimum absolute atomic E-state index is 0.300. The first-order valence-corrected chi connectivity index (χ1v) is 4.62. The Morgan fingerprint density at radius 1 is 1.44 bits per heavy atom. The summed E-state index contributed by atoms with van der Waals surface area (Å²) in [6.07, 6.45) is 0. The second kappa shape index (κ2) is 3.72. The molecule has 1 unspecified atom stereocenters. The van der Waals surface area contributed by atoms with Crippen LogP contribution in [0, 0.1) is 0 Å². The van der Waals surface area contributed by atoms with Crippen LogP contribution in [0.2, 0.25) is 0 Å². The molecule has 0 N–H and O–H groups in total. The van der Waals surface area contributed by atoms with Crippen molar-refractivity contribution in [3.8, 4) is 0 Å². The lowest BCUT2D eigenvalue weighted by Gasteiger charge is -2.17. The summed E-state index contributed by atoms with van der Waals surface area (Å²) in [7, 11) is 0. The topological polar surface area (TPSA) is 0 Å². The van der Waals surface area contributed by atoms with Crippen molar-refractivity contribution in [2.75, 3.05) is 5.75 Å². The molecule has 56 valence electrons. The van der Waals surface area contributed by atoms with Crippen LogP contribution in [0.1, 0.15) is 27.7 Å². The van der Waals surface area contributed by atoms with Crippen molar-refractivity contribution in [3.63, 3.8) is 0 Å². The summed E-state index contributed by atoms with van der Waals surface area (Å²) < 4.78 is 0.364. The highest BCUT2D eigenvalue weighted by atomic mass is 35.5. The molecule has 0 spiro atoms. The van der Waals surface area contributed by atoms with Gasteiger partial charge in [0.2, 0.25) is 0 Å². The highest BCUT2D eigenvalue weighted by Crippen LogP contribution is 2.24. The Labute approximate surface area is 67.4 Å². The van der Waals surface area contributed by atoms with E-state index in [2.05, 4.69) is 20.8 Å². The van der Waals surface area contributed by atoms with Crippen LogP contribution in [0.25, 0.3) is 0 Å². The number of thioether (sulfide) groups is 1. The summed E-state index contributed by atoms with van der Waals surface area (Å²) in [5.41, 5.74) is 0. The highest BCUT2D eigenvalue weighted by Gasteiger charge is 2.10. The predicted molar refractivity (Wildman–Crippen MR) is 47.5 cm³/mol. The normalized spacial score (nSPS) is 15.7. The second-order valence-corrected chi connectivity index (χ2v) is 5.80. The Bertz CT molecular complexity index is 73.5.